The van der Waals surface area contributed by atoms with Gasteiger partial charge in [-0.2, -0.15) is 0 Å². The molecule has 0 spiro atoms. The predicted octanol–water partition coefficient (Wildman–Crippen LogP) is 3.75. The second-order valence-electron chi connectivity index (χ2n) is 6.81. The van der Waals surface area contributed by atoms with E-state index in [9.17, 15) is 18.8 Å². The fourth-order valence-electron chi connectivity index (χ4n) is 3.14. The van der Waals surface area contributed by atoms with E-state index in [2.05, 4.69) is 0 Å². The van der Waals surface area contributed by atoms with Crippen LogP contribution in [0, 0.1) is 5.82 Å². The number of amides is 1. The van der Waals surface area contributed by atoms with E-state index in [-0.39, 0.29) is 18.2 Å². The normalized spacial score (nSPS) is 14.9. The van der Waals surface area contributed by atoms with Crippen molar-refractivity contribution in [3.8, 4) is 5.75 Å². The first-order valence-electron chi connectivity index (χ1n) is 9.42. The standard InChI is InChI=1S/C22H22FNO4/c23-18-10-6-16(7-11-18)22(27)17-8-12-19(13-9-17)28-21(26)15-24-14-4-2-1-3-5-20(24)25/h6-13H,1-5,14-15H2. The number of ketones is 1. The Morgan fingerprint density at radius 2 is 1.50 bits per heavy atom. The summed E-state index contributed by atoms with van der Waals surface area (Å²) in [5.41, 5.74) is 0.784. The van der Waals surface area contributed by atoms with Crippen LogP contribution in [0.1, 0.15) is 48.0 Å². The van der Waals surface area contributed by atoms with Crippen LogP contribution >= 0.6 is 0 Å². The molecule has 2 aromatic carbocycles. The average molecular weight is 383 g/mol. The number of nitrogens with zero attached hydrogens (tertiary/aromatic N) is 1. The van der Waals surface area contributed by atoms with E-state index >= 15 is 0 Å². The molecule has 0 aromatic heterocycles. The summed E-state index contributed by atoms with van der Waals surface area (Å²) >= 11 is 0. The summed E-state index contributed by atoms with van der Waals surface area (Å²) in [5.74, 6) is -0.870. The molecule has 28 heavy (non-hydrogen) atoms. The lowest BCUT2D eigenvalue weighted by molar-refractivity contribution is -0.143. The smallest absolute Gasteiger partial charge is 0.331 e. The number of hydrogen-bond donors (Lipinski definition) is 0. The second kappa shape index (κ2) is 9.26. The lowest BCUT2D eigenvalue weighted by Gasteiger charge is -2.23. The van der Waals surface area contributed by atoms with Crippen molar-refractivity contribution in [2.45, 2.75) is 32.1 Å². The molecule has 3 rings (SSSR count). The molecule has 0 N–H and O–H groups in total. The number of hydrogen-bond acceptors (Lipinski definition) is 4. The first-order chi connectivity index (χ1) is 13.5. The zero-order chi connectivity index (χ0) is 19.9. The first-order valence-corrected chi connectivity index (χ1v) is 9.42. The summed E-state index contributed by atoms with van der Waals surface area (Å²) in [6.07, 6.45) is 4.32. The molecule has 5 nitrogen and oxygen atoms in total. The van der Waals surface area contributed by atoms with Crippen LogP contribution in [0.15, 0.2) is 48.5 Å². The van der Waals surface area contributed by atoms with Crippen molar-refractivity contribution in [3.05, 3.63) is 65.5 Å². The van der Waals surface area contributed by atoms with Crippen LogP contribution < -0.4 is 4.74 Å². The molecule has 1 saturated heterocycles. The maximum Gasteiger partial charge on any atom is 0.331 e. The van der Waals surface area contributed by atoms with Crippen LogP contribution in [-0.2, 0) is 9.59 Å². The molecule has 0 saturated carbocycles. The van der Waals surface area contributed by atoms with E-state index in [4.69, 9.17) is 4.74 Å². The Bertz CT molecular complexity index is 846. The van der Waals surface area contributed by atoms with Gasteiger partial charge in [0.05, 0.1) is 0 Å². The van der Waals surface area contributed by atoms with Crippen LogP contribution in [0.3, 0.4) is 0 Å². The van der Waals surface area contributed by atoms with E-state index in [1.54, 1.807) is 17.0 Å². The van der Waals surface area contributed by atoms with Gasteiger partial charge in [-0.15, -0.1) is 0 Å². The zero-order valence-corrected chi connectivity index (χ0v) is 15.5. The van der Waals surface area contributed by atoms with Gasteiger partial charge in [-0.3, -0.25) is 9.59 Å². The highest BCUT2D eigenvalue weighted by Crippen LogP contribution is 2.17. The number of esters is 1. The number of ether oxygens (including phenoxy) is 1. The molecule has 146 valence electrons. The number of halogens is 1. The zero-order valence-electron chi connectivity index (χ0n) is 15.5. The Balaban J connectivity index is 1.58. The minimum atomic E-state index is -0.508. The summed E-state index contributed by atoms with van der Waals surface area (Å²) < 4.78 is 18.3. The third-order valence-electron chi connectivity index (χ3n) is 4.70. The van der Waals surface area contributed by atoms with Gasteiger partial charge in [-0.05, 0) is 61.4 Å². The third kappa shape index (κ3) is 5.25. The highest BCUT2D eigenvalue weighted by molar-refractivity contribution is 6.09. The Morgan fingerprint density at radius 1 is 0.893 bits per heavy atom. The maximum atomic E-state index is 13.0. The number of carbonyl (C=O) groups excluding carboxylic acids is 3. The fourth-order valence-corrected chi connectivity index (χ4v) is 3.14. The van der Waals surface area contributed by atoms with Crippen molar-refractivity contribution in [1.82, 2.24) is 4.90 Å². The van der Waals surface area contributed by atoms with Crippen molar-refractivity contribution in [2.75, 3.05) is 13.1 Å². The van der Waals surface area contributed by atoms with Crippen molar-refractivity contribution < 1.29 is 23.5 Å². The number of likely N-dealkylation sites (tertiary alicyclic amines) is 1. The van der Waals surface area contributed by atoms with Crippen molar-refractivity contribution in [3.63, 3.8) is 0 Å². The molecule has 1 aliphatic rings. The van der Waals surface area contributed by atoms with E-state index in [0.717, 1.165) is 25.7 Å². The lowest BCUT2D eigenvalue weighted by Crippen LogP contribution is -2.38. The minimum Gasteiger partial charge on any atom is -0.425 e. The average Bonchev–Trinajstić information content (AvgIpc) is 2.68. The molecule has 0 radical (unpaired) electrons. The molecule has 1 amide bonds. The van der Waals surface area contributed by atoms with Gasteiger partial charge in [-0.1, -0.05) is 12.8 Å². The number of rotatable bonds is 5. The highest BCUT2D eigenvalue weighted by Gasteiger charge is 2.19. The SMILES string of the molecule is O=C(CN1CCCCCCC1=O)Oc1ccc(C(=O)c2ccc(F)cc2)cc1. The molecule has 1 fully saturated rings. The molecular formula is C22H22FNO4. The number of carbonyl (C=O) groups is 3. The predicted molar refractivity (Wildman–Crippen MR) is 102 cm³/mol. The van der Waals surface area contributed by atoms with Crippen molar-refractivity contribution in [1.29, 1.82) is 0 Å². The van der Waals surface area contributed by atoms with E-state index in [0.29, 0.717) is 29.8 Å². The fraction of sp³-hybridized carbons (Fsp3) is 0.318. The van der Waals surface area contributed by atoms with Gasteiger partial charge in [0, 0.05) is 24.1 Å². The second-order valence-corrected chi connectivity index (χ2v) is 6.81. The van der Waals surface area contributed by atoms with Crippen LogP contribution in [0.2, 0.25) is 0 Å². The molecule has 2 aromatic rings. The van der Waals surface area contributed by atoms with Gasteiger partial charge in [0.2, 0.25) is 5.91 Å². The summed E-state index contributed by atoms with van der Waals surface area (Å²) in [5, 5.41) is 0. The van der Waals surface area contributed by atoms with Gasteiger partial charge in [-0.25, -0.2) is 9.18 Å². The topological polar surface area (TPSA) is 63.7 Å². The van der Waals surface area contributed by atoms with Crippen LogP contribution in [-0.4, -0.2) is 35.6 Å². The molecule has 0 unspecified atom stereocenters. The summed E-state index contributed by atoms with van der Waals surface area (Å²) in [6, 6.07) is 11.5. The van der Waals surface area contributed by atoms with E-state index in [1.165, 1.54) is 36.4 Å². The van der Waals surface area contributed by atoms with Crippen molar-refractivity contribution >= 4 is 17.7 Å². The summed E-state index contributed by atoms with van der Waals surface area (Å²) in [6.45, 7) is 0.494. The molecule has 0 bridgehead atoms. The van der Waals surface area contributed by atoms with Crippen LogP contribution in [0.25, 0.3) is 0 Å². The number of benzene rings is 2. The molecule has 1 heterocycles. The molecule has 0 atom stereocenters. The molecule has 6 heteroatoms. The van der Waals surface area contributed by atoms with Gasteiger partial charge in [0.1, 0.15) is 18.1 Å². The maximum absolute atomic E-state index is 13.0. The van der Waals surface area contributed by atoms with E-state index < -0.39 is 11.8 Å². The largest absolute Gasteiger partial charge is 0.425 e. The summed E-state index contributed by atoms with van der Waals surface area (Å²) in [4.78, 5) is 38.2. The molecule has 0 aliphatic carbocycles. The Kier molecular flexibility index (Phi) is 6.53. The van der Waals surface area contributed by atoms with Gasteiger partial charge in [0.25, 0.3) is 0 Å². The van der Waals surface area contributed by atoms with Gasteiger partial charge < -0.3 is 9.64 Å². The van der Waals surface area contributed by atoms with E-state index in [1.807, 2.05) is 0 Å². The van der Waals surface area contributed by atoms with Gasteiger partial charge in [0.15, 0.2) is 5.78 Å². The quantitative estimate of drug-likeness (QED) is 0.448. The molecule has 1 aliphatic heterocycles. The Morgan fingerprint density at radius 3 is 2.18 bits per heavy atom. The Hall–Kier alpha value is -3.02. The lowest BCUT2D eigenvalue weighted by atomic mass is 10.0. The molecular weight excluding hydrogens is 361 g/mol. The highest BCUT2D eigenvalue weighted by atomic mass is 19.1. The summed E-state index contributed by atoms with van der Waals surface area (Å²) in [7, 11) is 0. The van der Waals surface area contributed by atoms with Crippen molar-refractivity contribution in [2.24, 2.45) is 0 Å². The minimum absolute atomic E-state index is 0.0168. The van der Waals surface area contributed by atoms with Gasteiger partial charge >= 0.3 is 5.97 Å². The monoisotopic (exact) mass is 383 g/mol. The third-order valence-corrected chi connectivity index (χ3v) is 4.70. The van der Waals surface area contributed by atoms with Crippen LogP contribution in [0.5, 0.6) is 5.75 Å². The first kappa shape index (κ1) is 19.7. The Labute approximate surface area is 163 Å². The van der Waals surface area contributed by atoms with Crippen LogP contribution in [0.4, 0.5) is 4.39 Å².